The molecule has 1 radical (unpaired) electrons. The number of hydrogen-bond acceptors (Lipinski definition) is 0. The largest absolute Gasteiger partial charge is 0.0616 e. The van der Waals surface area contributed by atoms with Gasteiger partial charge in [-0.3, -0.25) is 0 Å². The minimum atomic E-state index is 1.12. The van der Waals surface area contributed by atoms with E-state index in [1.807, 2.05) is 0 Å². The van der Waals surface area contributed by atoms with Gasteiger partial charge in [0.15, 0.2) is 0 Å². The lowest BCUT2D eigenvalue weighted by molar-refractivity contribution is 1.67. The molecule has 0 saturated heterocycles. The molecule has 0 unspecified atom stereocenters. The van der Waals surface area contributed by atoms with Crippen LogP contribution in [-0.2, 0) is 0 Å². The molecular weight excluding hydrogens is 697 g/mol. The fraction of sp³-hybridized carbons (Fsp3) is 0. The third-order valence-corrected chi connectivity index (χ3v) is 12.8. The molecule has 0 aliphatic heterocycles. The van der Waals surface area contributed by atoms with Crippen molar-refractivity contribution in [2.24, 2.45) is 0 Å². The number of rotatable bonds is 3. The van der Waals surface area contributed by atoms with Crippen LogP contribution in [0.25, 0.3) is 130 Å². The molecule has 0 N–H and O–H groups in total. The quantitative estimate of drug-likeness (QED) is 0.159. The summed E-state index contributed by atoms with van der Waals surface area (Å²) < 4.78 is 0. The molecule has 0 aliphatic carbocycles. The summed E-state index contributed by atoms with van der Waals surface area (Å²) in [4.78, 5) is 0. The van der Waals surface area contributed by atoms with Gasteiger partial charge in [0.05, 0.1) is 0 Å². The first-order chi connectivity index (χ1) is 28.8. The van der Waals surface area contributed by atoms with Gasteiger partial charge in [-0.15, -0.1) is 0 Å². The van der Waals surface area contributed by atoms with E-state index in [0.717, 1.165) is 10.9 Å². The summed E-state index contributed by atoms with van der Waals surface area (Å²) >= 11 is 0. The normalized spacial score (nSPS) is 12.1. The van der Waals surface area contributed by atoms with Crippen molar-refractivity contribution in [3.63, 3.8) is 0 Å². The highest BCUT2D eigenvalue weighted by atomic mass is 14.3. The SMILES string of the molecule is [c]1c(-c2cc3ccccc3c3ccccc23)c(-c2cc3ccccc3c3ccccc23)c2c(-c3cc4ccccc4c4ccccc34)cc3cccc4ccc1c2c43. The van der Waals surface area contributed by atoms with Gasteiger partial charge in [0, 0.05) is 0 Å². The van der Waals surface area contributed by atoms with Crippen LogP contribution >= 0.6 is 0 Å². The predicted octanol–water partition coefficient (Wildman–Crippen LogP) is 16.3. The lowest BCUT2D eigenvalue weighted by atomic mass is 9.78. The Morgan fingerprint density at radius 1 is 0.241 bits per heavy atom. The first-order valence-corrected chi connectivity index (χ1v) is 20.2. The Morgan fingerprint density at radius 3 is 1.24 bits per heavy atom. The smallest absolute Gasteiger partial charge is 0.000694 e. The molecule has 0 amide bonds. The molecule has 13 aromatic carbocycles. The molecule has 0 heteroatoms. The van der Waals surface area contributed by atoms with Crippen LogP contribution in [-0.4, -0.2) is 0 Å². The lowest BCUT2D eigenvalue weighted by Gasteiger charge is -2.24. The minimum Gasteiger partial charge on any atom is -0.0616 e. The summed E-state index contributed by atoms with van der Waals surface area (Å²) in [6.07, 6.45) is 0. The monoisotopic (exact) mass is 729 g/mol. The van der Waals surface area contributed by atoms with Gasteiger partial charge in [-0.05, 0) is 161 Å². The maximum absolute atomic E-state index is 4.19. The predicted molar refractivity (Wildman–Crippen MR) is 250 cm³/mol. The van der Waals surface area contributed by atoms with Crippen molar-refractivity contribution in [1.29, 1.82) is 0 Å². The summed E-state index contributed by atoms with van der Waals surface area (Å²) in [7, 11) is 0. The standard InChI is InChI=1S/C58H33/c1-4-19-41-36(14-1)30-50(47-25-10-7-22-44(41)47)53-34-40-29-28-35-17-13-18-39-33-54(51-31-37-15-2-5-20-42(37)45-23-8-11-26-48(45)51)58(56(40)55(35)39)57(53)52-32-38-16-3-6-21-43(38)46-24-9-12-27-49(46)52/h1-33H. The molecule has 13 rings (SSSR count). The van der Waals surface area contributed by atoms with Crippen LogP contribution in [0.15, 0.2) is 200 Å². The molecule has 0 bridgehead atoms. The highest BCUT2D eigenvalue weighted by Crippen LogP contribution is 2.53. The first kappa shape index (κ1) is 31.6. The lowest BCUT2D eigenvalue weighted by Crippen LogP contribution is -1.97. The number of hydrogen-bond donors (Lipinski definition) is 0. The van der Waals surface area contributed by atoms with Crippen LogP contribution in [0.5, 0.6) is 0 Å². The molecular formula is C58H33. The maximum Gasteiger partial charge on any atom is -0.000694 e. The topological polar surface area (TPSA) is 0 Å². The van der Waals surface area contributed by atoms with Crippen molar-refractivity contribution in [2.45, 2.75) is 0 Å². The molecule has 0 aliphatic rings. The first-order valence-electron chi connectivity index (χ1n) is 20.2. The second-order valence-electron chi connectivity index (χ2n) is 15.8. The van der Waals surface area contributed by atoms with Gasteiger partial charge in [0.25, 0.3) is 0 Å². The van der Waals surface area contributed by atoms with Gasteiger partial charge in [-0.1, -0.05) is 176 Å². The van der Waals surface area contributed by atoms with E-state index in [1.165, 1.54) is 119 Å². The average molecular weight is 730 g/mol. The van der Waals surface area contributed by atoms with E-state index in [2.05, 4.69) is 206 Å². The summed E-state index contributed by atoms with van der Waals surface area (Å²) in [5, 5.41) is 22.5. The van der Waals surface area contributed by atoms with E-state index in [-0.39, 0.29) is 0 Å². The van der Waals surface area contributed by atoms with Crippen LogP contribution in [0, 0.1) is 6.07 Å². The van der Waals surface area contributed by atoms with Gasteiger partial charge < -0.3 is 0 Å². The fourth-order valence-corrected chi connectivity index (χ4v) is 10.3. The van der Waals surface area contributed by atoms with Crippen molar-refractivity contribution in [1.82, 2.24) is 0 Å². The zero-order chi connectivity index (χ0) is 37.9. The fourth-order valence-electron chi connectivity index (χ4n) is 10.3. The zero-order valence-corrected chi connectivity index (χ0v) is 31.6. The summed E-state index contributed by atoms with van der Waals surface area (Å²) in [5.41, 5.74) is 7.25. The third kappa shape index (κ3) is 4.40. The van der Waals surface area contributed by atoms with Gasteiger partial charge in [0.2, 0.25) is 0 Å². The Kier molecular flexibility index (Phi) is 6.54. The Morgan fingerprint density at radius 2 is 0.655 bits per heavy atom. The molecule has 0 atom stereocenters. The molecule has 0 fully saturated rings. The second kappa shape index (κ2) is 12.0. The van der Waals surface area contributed by atoms with Crippen molar-refractivity contribution < 1.29 is 0 Å². The molecule has 0 spiro atoms. The van der Waals surface area contributed by atoms with E-state index < -0.39 is 0 Å². The Balaban J connectivity index is 1.33. The highest BCUT2D eigenvalue weighted by molar-refractivity contribution is 6.34. The van der Waals surface area contributed by atoms with Crippen LogP contribution in [0.1, 0.15) is 0 Å². The van der Waals surface area contributed by atoms with Crippen molar-refractivity contribution in [3.05, 3.63) is 206 Å². The third-order valence-electron chi connectivity index (χ3n) is 12.8. The van der Waals surface area contributed by atoms with Gasteiger partial charge in [-0.25, -0.2) is 0 Å². The van der Waals surface area contributed by atoms with Crippen LogP contribution < -0.4 is 0 Å². The van der Waals surface area contributed by atoms with Gasteiger partial charge in [0.1, 0.15) is 0 Å². The number of fused-ring (bicyclic) bond motifs is 9. The molecule has 13 aromatic rings. The average Bonchev–Trinajstić information content (AvgIpc) is 3.29. The van der Waals surface area contributed by atoms with E-state index in [9.17, 15) is 0 Å². The van der Waals surface area contributed by atoms with Gasteiger partial charge >= 0.3 is 0 Å². The van der Waals surface area contributed by atoms with E-state index >= 15 is 0 Å². The summed E-state index contributed by atoms with van der Waals surface area (Å²) in [6, 6.07) is 78.8. The zero-order valence-electron chi connectivity index (χ0n) is 31.6. The highest BCUT2D eigenvalue weighted by Gasteiger charge is 2.25. The maximum atomic E-state index is 4.19. The van der Waals surface area contributed by atoms with Gasteiger partial charge in [-0.2, -0.15) is 0 Å². The van der Waals surface area contributed by atoms with E-state index in [4.69, 9.17) is 0 Å². The van der Waals surface area contributed by atoms with E-state index in [0.29, 0.717) is 0 Å². The summed E-state index contributed by atoms with van der Waals surface area (Å²) in [6.45, 7) is 0. The van der Waals surface area contributed by atoms with E-state index in [1.54, 1.807) is 0 Å². The van der Waals surface area contributed by atoms with Crippen LogP contribution in [0.3, 0.4) is 0 Å². The Hall–Kier alpha value is -7.54. The molecule has 0 aromatic heterocycles. The van der Waals surface area contributed by atoms with Crippen molar-refractivity contribution in [3.8, 4) is 33.4 Å². The molecule has 0 heterocycles. The molecule has 58 heavy (non-hydrogen) atoms. The van der Waals surface area contributed by atoms with Crippen molar-refractivity contribution in [2.75, 3.05) is 0 Å². The molecule has 0 saturated carbocycles. The Labute approximate surface area is 335 Å². The second-order valence-corrected chi connectivity index (χ2v) is 15.8. The molecule has 0 nitrogen and oxygen atoms in total. The molecule has 265 valence electrons. The summed E-state index contributed by atoms with van der Waals surface area (Å²) in [5.74, 6) is 0. The Bertz CT molecular complexity index is 3850. The van der Waals surface area contributed by atoms with Crippen LogP contribution in [0.4, 0.5) is 0 Å². The minimum absolute atomic E-state index is 1.12. The van der Waals surface area contributed by atoms with Crippen LogP contribution in [0.2, 0.25) is 0 Å². The number of benzene rings is 13. The van der Waals surface area contributed by atoms with Crippen molar-refractivity contribution >= 4 is 97.0 Å².